The normalized spacial score (nSPS) is 10.3. The van der Waals surface area contributed by atoms with Gasteiger partial charge in [0.2, 0.25) is 5.91 Å². The number of aliphatic hydroxyl groups excluding tert-OH is 1. The van der Waals surface area contributed by atoms with Crippen LogP contribution in [0.3, 0.4) is 0 Å². The summed E-state index contributed by atoms with van der Waals surface area (Å²) in [5.41, 5.74) is 0.750. The second-order valence-corrected chi connectivity index (χ2v) is 3.94. The fourth-order valence-electron chi connectivity index (χ4n) is 1.64. The number of nitrogens with zero attached hydrogens (tertiary/aromatic N) is 1. The van der Waals surface area contributed by atoms with Crippen molar-refractivity contribution in [1.82, 2.24) is 4.90 Å². The number of rotatable bonds is 7. The molecule has 0 saturated heterocycles. The lowest BCUT2D eigenvalue weighted by Gasteiger charge is -2.21. The smallest absolute Gasteiger partial charge is 0.227 e. The van der Waals surface area contributed by atoms with Gasteiger partial charge >= 0.3 is 0 Å². The van der Waals surface area contributed by atoms with Crippen LogP contribution in [0.5, 0.6) is 5.75 Å². The third kappa shape index (κ3) is 4.73. The van der Waals surface area contributed by atoms with Crippen LogP contribution in [-0.2, 0) is 16.0 Å². The highest BCUT2D eigenvalue weighted by molar-refractivity contribution is 5.78. The average Bonchev–Trinajstić information content (AvgIpc) is 2.34. The lowest BCUT2D eigenvalue weighted by atomic mass is 10.1. The van der Waals surface area contributed by atoms with Crippen LogP contribution in [0.2, 0.25) is 0 Å². The number of carbonyl (C=O) groups is 1. The van der Waals surface area contributed by atoms with Crippen LogP contribution in [0.4, 0.5) is 0 Å². The number of aromatic hydroxyl groups is 1. The molecule has 1 aromatic rings. The lowest BCUT2D eigenvalue weighted by Crippen LogP contribution is -2.37. The Kier molecular flexibility index (Phi) is 6.18. The van der Waals surface area contributed by atoms with Gasteiger partial charge in [-0.2, -0.15) is 0 Å². The van der Waals surface area contributed by atoms with Gasteiger partial charge in [0.15, 0.2) is 0 Å². The molecule has 0 unspecified atom stereocenters. The van der Waals surface area contributed by atoms with Gasteiger partial charge in [0, 0.05) is 20.2 Å². The molecule has 0 fully saturated rings. The highest BCUT2D eigenvalue weighted by Crippen LogP contribution is 2.12. The standard InChI is InChI=1S/C13H19NO4/c1-18-8-6-14(5-7-15)13(17)10-11-3-2-4-12(16)9-11/h2-4,9,15-16H,5-8,10H2,1H3. The first-order valence-electron chi connectivity index (χ1n) is 5.83. The van der Waals surface area contributed by atoms with Crippen LogP contribution in [0, 0.1) is 0 Å². The Bertz CT molecular complexity index is 381. The van der Waals surface area contributed by atoms with E-state index >= 15 is 0 Å². The molecule has 2 N–H and O–H groups in total. The van der Waals surface area contributed by atoms with E-state index in [4.69, 9.17) is 9.84 Å². The van der Waals surface area contributed by atoms with Gasteiger partial charge in [0.1, 0.15) is 5.75 Å². The molecular weight excluding hydrogens is 234 g/mol. The first-order valence-corrected chi connectivity index (χ1v) is 5.83. The number of carbonyl (C=O) groups excluding carboxylic acids is 1. The molecule has 18 heavy (non-hydrogen) atoms. The molecular formula is C13H19NO4. The van der Waals surface area contributed by atoms with E-state index in [2.05, 4.69) is 0 Å². The Balaban J connectivity index is 2.60. The van der Waals surface area contributed by atoms with E-state index in [1.165, 1.54) is 0 Å². The summed E-state index contributed by atoms with van der Waals surface area (Å²) < 4.78 is 4.92. The van der Waals surface area contributed by atoms with Gasteiger partial charge in [-0.1, -0.05) is 12.1 Å². The van der Waals surface area contributed by atoms with E-state index in [-0.39, 0.29) is 24.7 Å². The van der Waals surface area contributed by atoms with E-state index < -0.39 is 0 Å². The summed E-state index contributed by atoms with van der Waals surface area (Å²) in [6.45, 7) is 1.11. The third-order valence-corrected chi connectivity index (χ3v) is 2.55. The molecule has 0 spiro atoms. The van der Waals surface area contributed by atoms with Gasteiger partial charge in [0.05, 0.1) is 19.6 Å². The summed E-state index contributed by atoms with van der Waals surface area (Å²) in [6, 6.07) is 6.60. The second-order valence-electron chi connectivity index (χ2n) is 3.94. The number of phenolic OH excluding ortho intramolecular Hbond substituents is 1. The highest BCUT2D eigenvalue weighted by atomic mass is 16.5. The maximum Gasteiger partial charge on any atom is 0.227 e. The monoisotopic (exact) mass is 253 g/mol. The van der Waals surface area contributed by atoms with Crippen molar-refractivity contribution in [2.24, 2.45) is 0 Å². The molecule has 0 heterocycles. The lowest BCUT2D eigenvalue weighted by molar-refractivity contribution is -0.131. The summed E-state index contributed by atoms with van der Waals surface area (Å²) in [5.74, 6) is 0.0533. The van der Waals surface area contributed by atoms with Crippen molar-refractivity contribution in [2.75, 3.05) is 33.4 Å². The first kappa shape index (κ1) is 14.5. The van der Waals surface area contributed by atoms with Crippen LogP contribution in [0.1, 0.15) is 5.56 Å². The van der Waals surface area contributed by atoms with Crippen molar-refractivity contribution in [1.29, 1.82) is 0 Å². The van der Waals surface area contributed by atoms with Crippen LogP contribution in [-0.4, -0.2) is 54.4 Å². The zero-order valence-corrected chi connectivity index (χ0v) is 10.5. The van der Waals surface area contributed by atoms with E-state index in [0.29, 0.717) is 19.7 Å². The zero-order valence-electron chi connectivity index (χ0n) is 10.5. The van der Waals surface area contributed by atoms with Gasteiger partial charge in [-0.25, -0.2) is 0 Å². The topological polar surface area (TPSA) is 70.0 Å². The molecule has 5 nitrogen and oxygen atoms in total. The molecule has 1 amide bonds. The molecule has 1 aromatic carbocycles. The van der Waals surface area contributed by atoms with Crippen LogP contribution < -0.4 is 0 Å². The summed E-state index contributed by atoms with van der Waals surface area (Å²) in [6.07, 6.45) is 0.206. The molecule has 1 rings (SSSR count). The molecule has 0 aliphatic heterocycles. The number of hydrogen-bond donors (Lipinski definition) is 2. The van der Waals surface area contributed by atoms with Gasteiger partial charge in [-0.15, -0.1) is 0 Å². The van der Waals surface area contributed by atoms with Gasteiger partial charge < -0.3 is 19.8 Å². The average molecular weight is 253 g/mol. The number of amides is 1. The molecule has 100 valence electrons. The SMILES string of the molecule is COCCN(CCO)C(=O)Cc1cccc(O)c1. The van der Waals surface area contributed by atoms with Gasteiger partial charge in [-0.05, 0) is 17.7 Å². The first-order chi connectivity index (χ1) is 8.67. The molecule has 0 aliphatic carbocycles. The molecule has 0 radical (unpaired) electrons. The second kappa shape index (κ2) is 7.68. The summed E-state index contributed by atoms with van der Waals surface area (Å²) >= 11 is 0. The predicted molar refractivity (Wildman–Crippen MR) is 67.4 cm³/mol. The van der Waals surface area contributed by atoms with Crippen molar-refractivity contribution >= 4 is 5.91 Å². The Morgan fingerprint density at radius 2 is 2.17 bits per heavy atom. The molecule has 5 heteroatoms. The summed E-state index contributed by atoms with van der Waals surface area (Å²) in [5, 5.41) is 18.2. The Morgan fingerprint density at radius 3 is 2.78 bits per heavy atom. The van der Waals surface area contributed by atoms with E-state index in [1.807, 2.05) is 0 Å². The number of aliphatic hydroxyl groups is 1. The minimum absolute atomic E-state index is 0.0739. The fraction of sp³-hybridized carbons (Fsp3) is 0.462. The zero-order chi connectivity index (χ0) is 13.4. The number of methoxy groups -OCH3 is 1. The van der Waals surface area contributed by atoms with Crippen LogP contribution >= 0.6 is 0 Å². The summed E-state index contributed by atoms with van der Waals surface area (Å²) in [4.78, 5) is 13.5. The van der Waals surface area contributed by atoms with E-state index in [1.54, 1.807) is 36.3 Å². The quantitative estimate of drug-likeness (QED) is 0.738. The molecule has 0 aliphatic rings. The van der Waals surface area contributed by atoms with Gasteiger partial charge in [0.25, 0.3) is 0 Å². The van der Waals surface area contributed by atoms with Gasteiger partial charge in [-0.3, -0.25) is 4.79 Å². The maximum absolute atomic E-state index is 12.0. The Labute approximate surface area is 107 Å². The Morgan fingerprint density at radius 1 is 1.39 bits per heavy atom. The van der Waals surface area contributed by atoms with Crippen molar-refractivity contribution in [2.45, 2.75) is 6.42 Å². The molecule has 0 atom stereocenters. The van der Waals surface area contributed by atoms with Crippen LogP contribution in [0.15, 0.2) is 24.3 Å². The molecule has 0 bridgehead atoms. The van der Waals surface area contributed by atoms with Crippen molar-refractivity contribution < 1.29 is 19.7 Å². The van der Waals surface area contributed by atoms with Crippen molar-refractivity contribution in [3.8, 4) is 5.75 Å². The summed E-state index contributed by atoms with van der Waals surface area (Å²) in [7, 11) is 1.57. The largest absolute Gasteiger partial charge is 0.508 e. The number of ether oxygens (including phenoxy) is 1. The fourth-order valence-corrected chi connectivity index (χ4v) is 1.64. The highest BCUT2D eigenvalue weighted by Gasteiger charge is 2.13. The molecule has 0 saturated carbocycles. The van der Waals surface area contributed by atoms with E-state index in [9.17, 15) is 9.90 Å². The Hall–Kier alpha value is -1.59. The minimum atomic E-state index is -0.0910. The predicted octanol–water partition coefficient (Wildman–Crippen LogP) is 0.402. The number of hydrogen-bond acceptors (Lipinski definition) is 4. The number of phenols is 1. The number of benzene rings is 1. The maximum atomic E-state index is 12.0. The molecule has 0 aromatic heterocycles. The van der Waals surface area contributed by atoms with E-state index in [0.717, 1.165) is 5.56 Å². The van der Waals surface area contributed by atoms with Crippen molar-refractivity contribution in [3.05, 3.63) is 29.8 Å². The third-order valence-electron chi connectivity index (χ3n) is 2.55. The van der Waals surface area contributed by atoms with Crippen molar-refractivity contribution in [3.63, 3.8) is 0 Å². The van der Waals surface area contributed by atoms with Crippen LogP contribution in [0.25, 0.3) is 0 Å². The minimum Gasteiger partial charge on any atom is -0.508 e.